The Morgan fingerprint density at radius 2 is 2.17 bits per heavy atom. The molecule has 2 N–H and O–H groups in total. The molecule has 6 heteroatoms. The number of rotatable bonds is 3. The van der Waals surface area contributed by atoms with Crippen LogP contribution in [0, 0.1) is 5.82 Å². The third-order valence-electron chi connectivity index (χ3n) is 2.36. The summed E-state index contributed by atoms with van der Waals surface area (Å²) in [6, 6.07) is 5.49. The number of hydrogen-bond acceptors (Lipinski definition) is 3. The van der Waals surface area contributed by atoms with E-state index in [9.17, 15) is 8.60 Å². The van der Waals surface area contributed by atoms with Gasteiger partial charge in [-0.2, -0.15) is 0 Å². The monoisotopic (exact) mass is 284 g/mol. The van der Waals surface area contributed by atoms with Crippen molar-refractivity contribution in [2.24, 2.45) is 0 Å². The Labute approximate surface area is 111 Å². The Morgan fingerprint density at radius 3 is 2.89 bits per heavy atom. The van der Waals surface area contributed by atoms with Crippen molar-refractivity contribution in [2.75, 3.05) is 5.73 Å². The first-order valence-electron chi connectivity index (χ1n) is 5.09. The summed E-state index contributed by atoms with van der Waals surface area (Å²) in [4.78, 5) is 4.12. The molecule has 0 radical (unpaired) electrons. The standard InChI is InChI=1S/C12H10ClFN2OS/c13-10-6-16-4-3-8(10)7-18(17)12-5-9(14)1-2-11(12)15/h1-6H,7,15H2. The molecular weight excluding hydrogens is 275 g/mol. The fraction of sp³-hybridized carbons (Fsp3) is 0.0833. The number of hydrogen-bond donors (Lipinski definition) is 1. The lowest BCUT2D eigenvalue weighted by molar-refractivity contribution is 0.623. The van der Waals surface area contributed by atoms with Gasteiger partial charge in [0, 0.05) is 18.1 Å². The molecule has 0 amide bonds. The van der Waals surface area contributed by atoms with Crippen molar-refractivity contribution in [3.05, 3.63) is 53.1 Å². The smallest absolute Gasteiger partial charge is 0.124 e. The first-order chi connectivity index (χ1) is 8.58. The summed E-state index contributed by atoms with van der Waals surface area (Å²) in [5.41, 5.74) is 6.67. The third-order valence-corrected chi connectivity index (χ3v) is 4.12. The minimum atomic E-state index is -1.44. The number of aromatic nitrogens is 1. The van der Waals surface area contributed by atoms with Gasteiger partial charge in [0.2, 0.25) is 0 Å². The van der Waals surface area contributed by atoms with Crippen LogP contribution in [0.1, 0.15) is 5.56 Å². The second kappa shape index (κ2) is 5.46. The maximum Gasteiger partial charge on any atom is 0.124 e. The molecule has 0 spiro atoms. The van der Waals surface area contributed by atoms with E-state index in [2.05, 4.69) is 4.98 Å². The van der Waals surface area contributed by atoms with Gasteiger partial charge in [-0.25, -0.2) is 4.39 Å². The van der Waals surface area contributed by atoms with E-state index < -0.39 is 16.6 Å². The minimum Gasteiger partial charge on any atom is -0.398 e. The van der Waals surface area contributed by atoms with Gasteiger partial charge in [-0.15, -0.1) is 0 Å². The highest BCUT2D eigenvalue weighted by Crippen LogP contribution is 2.22. The number of pyridine rings is 1. The maximum absolute atomic E-state index is 13.1. The normalized spacial score (nSPS) is 12.3. The lowest BCUT2D eigenvalue weighted by atomic mass is 10.3. The molecule has 1 heterocycles. The van der Waals surface area contributed by atoms with Crippen LogP contribution in [0.25, 0.3) is 0 Å². The van der Waals surface area contributed by atoms with Crippen molar-refractivity contribution in [1.82, 2.24) is 4.98 Å². The van der Waals surface area contributed by atoms with Crippen LogP contribution in [0.15, 0.2) is 41.6 Å². The molecule has 0 aliphatic rings. The lowest BCUT2D eigenvalue weighted by Crippen LogP contribution is -2.02. The van der Waals surface area contributed by atoms with Crippen molar-refractivity contribution in [2.45, 2.75) is 10.6 Å². The first kappa shape index (κ1) is 13.0. The summed E-state index contributed by atoms with van der Waals surface area (Å²) in [5.74, 6) is -0.289. The highest BCUT2D eigenvalue weighted by Gasteiger charge is 2.12. The molecule has 0 aliphatic carbocycles. The van der Waals surface area contributed by atoms with E-state index in [1.807, 2.05) is 0 Å². The molecule has 0 aliphatic heterocycles. The molecule has 94 valence electrons. The predicted molar refractivity (Wildman–Crippen MR) is 70.2 cm³/mol. The van der Waals surface area contributed by atoms with Gasteiger partial charge in [-0.05, 0) is 29.8 Å². The average molecular weight is 285 g/mol. The Hall–Kier alpha value is -1.46. The van der Waals surface area contributed by atoms with Crippen molar-refractivity contribution in [3.63, 3.8) is 0 Å². The number of benzene rings is 1. The topological polar surface area (TPSA) is 56.0 Å². The Kier molecular flexibility index (Phi) is 3.93. The quantitative estimate of drug-likeness (QED) is 0.882. The molecule has 0 saturated heterocycles. The van der Waals surface area contributed by atoms with Gasteiger partial charge in [0.25, 0.3) is 0 Å². The summed E-state index contributed by atoms with van der Waals surface area (Å²) in [6.07, 6.45) is 3.04. The Bertz CT molecular complexity index is 606. The van der Waals surface area contributed by atoms with Crippen LogP contribution in [-0.4, -0.2) is 9.19 Å². The Balaban J connectivity index is 2.28. The zero-order valence-corrected chi connectivity index (χ0v) is 10.8. The van der Waals surface area contributed by atoms with Crippen LogP contribution in [0.2, 0.25) is 5.02 Å². The zero-order valence-electron chi connectivity index (χ0n) is 9.27. The number of halogens is 2. The van der Waals surface area contributed by atoms with E-state index in [0.29, 0.717) is 16.3 Å². The van der Waals surface area contributed by atoms with Crippen LogP contribution >= 0.6 is 11.6 Å². The van der Waals surface area contributed by atoms with Gasteiger partial charge in [0.05, 0.1) is 26.5 Å². The molecule has 0 saturated carbocycles. The Morgan fingerprint density at radius 1 is 1.39 bits per heavy atom. The largest absolute Gasteiger partial charge is 0.398 e. The summed E-state index contributed by atoms with van der Waals surface area (Å²) >= 11 is 5.92. The van der Waals surface area contributed by atoms with E-state index in [1.54, 1.807) is 12.3 Å². The van der Waals surface area contributed by atoms with Crippen LogP contribution < -0.4 is 5.73 Å². The van der Waals surface area contributed by atoms with E-state index >= 15 is 0 Å². The van der Waals surface area contributed by atoms with Crippen molar-refractivity contribution in [1.29, 1.82) is 0 Å². The summed E-state index contributed by atoms with van der Waals surface area (Å²) < 4.78 is 25.2. The van der Waals surface area contributed by atoms with E-state index in [0.717, 1.165) is 0 Å². The first-order valence-corrected chi connectivity index (χ1v) is 6.79. The summed E-state index contributed by atoms with van der Waals surface area (Å²) in [5, 5.41) is 0.431. The van der Waals surface area contributed by atoms with E-state index in [1.165, 1.54) is 24.4 Å². The average Bonchev–Trinajstić information content (AvgIpc) is 2.35. The van der Waals surface area contributed by atoms with Crippen LogP contribution in [0.5, 0.6) is 0 Å². The molecule has 1 aromatic heterocycles. The molecule has 2 aromatic rings. The number of nitrogens with two attached hydrogens (primary N) is 1. The molecule has 0 bridgehead atoms. The number of nitrogens with zero attached hydrogens (tertiary/aromatic N) is 1. The summed E-state index contributed by atoms with van der Waals surface area (Å²) in [6.45, 7) is 0. The SMILES string of the molecule is Nc1ccc(F)cc1S(=O)Cc1ccncc1Cl. The van der Waals surface area contributed by atoms with E-state index in [4.69, 9.17) is 17.3 Å². The van der Waals surface area contributed by atoms with Crippen molar-refractivity contribution in [3.8, 4) is 0 Å². The van der Waals surface area contributed by atoms with Crippen LogP contribution in [0.3, 0.4) is 0 Å². The highest BCUT2D eigenvalue weighted by molar-refractivity contribution is 7.84. The fourth-order valence-corrected chi connectivity index (χ4v) is 2.98. The zero-order chi connectivity index (χ0) is 13.1. The van der Waals surface area contributed by atoms with Gasteiger partial charge in [0.1, 0.15) is 5.82 Å². The molecule has 0 fully saturated rings. The molecular formula is C12H10ClFN2OS. The molecule has 3 nitrogen and oxygen atoms in total. The van der Waals surface area contributed by atoms with Gasteiger partial charge < -0.3 is 5.73 Å². The minimum absolute atomic E-state index is 0.176. The lowest BCUT2D eigenvalue weighted by Gasteiger charge is -2.07. The van der Waals surface area contributed by atoms with Gasteiger partial charge in [-0.1, -0.05) is 11.6 Å². The number of nitrogen functional groups attached to an aromatic ring is 1. The second-order valence-electron chi connectivity index (χ2n) is 3.64. The fourth-order valence-electron chi connectivity index (χ4n) is 1.45. The second-order valence-corrected chi connectivity index (χ2v) is 5.47. The molecule has 1 unspecified atom stereocenters. The maximum atomic E-state index is 13.1. The van der Waals surface area contributed by atoms with Gasteiger partial charge in [0.15, 0.2) is 0 Å². The molecule has 1 atom stereocenters. The predicted octanol–water partition coefficient (Wildman–Crippen LogP) is 2.76. The van der Waals surface area contributed by atoms with Crippen molar-refractivity contribution < 1.29 is 8.60 Å². The number of anilines is 1. The van der Waals surface area contributed by atoms with E-state index in [-0.39, 0.29) is 10.6 Å². The third kappa shape index (κ3) is 2.86. The highest BCUT2D eigenvalue weighted by atomic mass is 35.5. The van der Waals surface area contributed by atoms with Crippen molar-refractivity contribution >= 4 is 28.1 Å². The van der Waals surface area contributed by atoms with Gasteiger partial charge >= 0.3 is 0 Å². The van der Waals surface area contributed by atoms with Gasteiger partial charge in [-0.3, -0.25) is 9.19 Å². The molecule has 2 rings (SSSR count). The van der Waals surface area contributed by atoms with Crippen LogP contribution in [0.4, 0.5) is 10.1 Å². The molecule has 1 aromatic carbocycles. The van der Waals surface area contributed by atoms with Crippen LogP contribution in [-0.2, 0) is 16.6 Å². The summed E-state index contributed by atoms with van der Waals surface area (Å²) in [7, 11) is -1.44. The molecule has 18 heavy (non-hydrogen) atoms.